The van der Waals surface area contributed by atoms with Gasteiger partial charge in [-0.15, -0.1) is 0 Å². The maximum Gasteiger partial charge on any atom is 0.342 e. The molecule has 0 bridgehead atoms. The van der Waals surface area contributed by atoms with Crippen molar-refractivity contribution < 1.29 is 24.2 Å². The molecule has 0 aliphatic carbocycles. The third-order valence-electron chi connectivity index (χ3n) is 4.34. The number of Topliss-reactive ketones (excluding diaryl/α,β-unsaturated/α-hetero) is 1. The van der Waals surface area contributed by atoms with Gasteiger partial charge in [-0.2, -0.15) is 0 Å². The Morgan fingerprint density at radius 3 is 2.36 bits per heavy atom. The number of ketones is 1. The number of amides is 1. The average Bonchev–Trinajstić information content (AvgIpc) is 2.68. The summed E-state index contributed by atoms with van der Waals surface area (Å²) in [6.45, 7) is 2.82. The van der Waals surface area contributed by atoms with Crippen LogP contribution >= 0.6 is 0 Å². The van der Waals surface area contributed by atoms with Crippen LogP contribution in [-0.4, -0.2) is 28.9 Å². The summed E-state index contributed by atoms with van der Waals surface area (Å²) in [5, 5.41) is 14.3. The number of hydrogen-bond acceptors (Lipinski definition) is 5. The zero-order valence-electron chi connectivity index (χ0n) is 15.4. The molecule has 28 heavy (non-hydrogen) atoms. The summed E-state index contributed by atoms with van der Waals surface area (Å²) >= 11 is 0. The lowest BCUT2D eigenvalue weighted by Gasteiger charge is -2.15. The molecular weight excluding hydrogens is 358 g/mol. The van der Waals surface area contributed by atoms with Crippen molar-refractivity contribution in [3.63, 3.8) is 0 Å². The first kappa shape index (κ1) is 19.1. The summed E-state index contributed by atoms with van der Waals surface area (Å²) in [5.74, 6) is -1.78. The van der Waals surface area contributed by atoms with Gasteiger partial charge in [0.25, 0.3) is 5.91 Å². The van der Waals surface area contributed by atoms with Gasteiger partial charge >= 0.3 is 5.97 Å². The van der Waals surface area contributed by atoms with E-state index in [1.54, 1.807) is 42.5 Å². The number of phenols is 1. The van der Waals surface area contributed by atoms with Crippen LogP contribution in [0.5, 0.6) is 5.75 Å². The number of para-hydroxylation sites is 1. The van der Waals surface area contributed by atoms with Gasteiger partial charge in [0.1, 0.15) is 11.3 Å². The van der Waals surface area contributed by atoms with E-state index in [4.69, 9.17) is 4.74 Å². The second kappa shape index (κ2) is 7.92. The summed E-state index contributed by atoms with van der Waals surface area (Å²) in [4.78, 5) is 36.5. The van der Waals surface area contributed by atoms with Crippen molar-refractivity contribution in [2.24, 2.45) is 0 Å². The van der Waals surface area contributed by atoms with Gasteiger partial charge in [-0.05, 0) is 37.4 Å². The van der Waals surface area contributed by atoms with Crippen LogP contribution in [0.2, 0.25) is 0 Å². The van der Waals surface area contributed by atoms with Crippen molar-refractivity contribution in [3.05, 3.63) is 71.8 Å². The lowest BCUT2D eigenvalue weighted by Crippen LogP contribution is -2.30. The van der Waals surface area contributed by atoms with Gasteiger partial charge in [-0.1, -0.05) is 42.5 Å². The molecule has 3 aromatic rings. The number of fused-ring (bicyclic) bond motifs is 1. The number of phenolic OH excluding ortho intramolecular Hbond substituents is 1. The smallest absolute Gasteiger partial charge is 0.342 e. The van der Waals surface area contributed by atoms with Gasteiger partial charge in [0.15, 0.2) is 11.9 Å². The normalized spacial score (nSPS) is 11.6. The van der Waals surface area contributed by atoms with Crippen LogP contribution in [0.3, 0.4) is 0 Å². The van der Waals surface area contributed by atoms with Crippen LogP contribution in [0.4, 0.5) is 5.69 Å². The quantitative estimate of drug-likeness (QED) is 0.519. The molecule has 0 aliphatic heterocycles. The lowest BCUT2D eigenvalue weighted by molar-refractivity contribution is -0.123. The molecule has 1 atom stereocenters. The molecule has 0 fully saturated rings. The largest absolute Gasteiger partial charge is 0.506 e. The molecule has 2 N–H and O–H groups in total. The van der Waals surface area contributed by atoms with E-state index in [0.717, 1.165) is 5.39 Å². The highest BCUT2D eigenvalue weighted by atomic mass is 16.5. The first-order valence-corrected chi connectivity index (χ1v) is 8.71. The van der Waals surface area contributed by atoms with Gasteiger partial charge < -0.3 is 15.2 Å². The predicted molar refractivity (Wildman–Crippen MR) is 106 cm³/mol. The number of esters is 1. The van der Waals surface area contributed by atoms with Gasteiger partial charge in [0.05, 0.1) is 5.69 Å². The third kappa shape index (κ3) is 3.86. The molecule has 0 radical (unpaired) electrons. The third-order valence-corrected chi connectivity index (χ3v) is 4.34. The highest BCUT2D eigenvalue weighted by Crippen LogP contribution is 2.29. The Labute approximate surface area is 161 Å². The number of aromatic hydroxyl groups is 1. The molecule has 0 saturated carbocycles. The van der Waals surface area contributed by atoms with Crippen molar-refractivity contribution in [1.29, 1.82) is 0 Å². The van der Waals surface area contributed by atoms with E-state index in [0.29, 0.717) is 16.6 Å². The number of benzene rings is 3. The van der Waals surface area contributed by atoms with Crippen LogP contribution < -0.4 is 5.32 Å². The molecule has 142 valence electrons. The van der Waals surface area contributed by atoms with Crippen LogP contribution in [0.1, 0.15) is 34.6 Å². The lowest BCUT2D eigenvalue weighted by atomic mass is 10.1. The fourth-order valence-corrected chi connectivity index (χ4v) is 2.83. The number of carbonyl (C=O) groups is 3. The monoisotopic (exact) mass is 377 g/mol. The number of ether oxygens (including phenoxy) is 1. The van der Waals surface area contributed by atoms with Crippen molar-refractivity contribution in [1.82, 2.24) is 0 Å². The highest BCUT2D eigenvalue weighted by molar-refractivity contribution is 6.06. The minimum absolute atomic E-state index is 0.0255. The van der Waals surface area contributed by atoms with Crippen molar-refractivity contribution in [3.8, 4) is 5.75 Å². The van der Waals surface area contributed by atoms with Crippen LogP contribution in [0.25, 0.3) is 10.8 Å². The highest BCUT2D eigenvalue weighted by Gasteiger charge is 2.22. The Morgan fingerprint density at radius 1 is 0.929 bits per heavy atom. The Morgan fingerprint density at radius 2 is 1.61 bits per heavy atom. The standard InChI is InChI=1S/C22H19NO5/c1-13(24)16-8-5-6-10-19(16)23-21(26)14(2)28-22(27)18-12-11-15-7-3-4-9-17(15)20(18)25/h3-12,14,25H,1-2H3,(H,23,26). The Balaban J connectivity index is 1.75. The summed E-state index contributed by atoms with van der Waals surface area (Å²) < 4.78 is 5.20. The average molecular weight is 377 g/mol. The fourth-order valence-electron chi connectivity index (χ4n) is 2.83. The zero-order valence-corrected chi connectivity index (χ0v) is 15.4. The Kier molecular flexibility index (Phi) is 5.40. The van der Waals surface area contributed by atoms with Gasteiger partial charge in [0.2, 0.25) is 0 Å². The molecule has 1 unspecified atom stereocenters. The van der Waals surface area contributed by atoms with E-state index in [-0.39, 0.29) is 17.1 Å². The molecule has 0 saturated heterocycles. The van der Waals surface area contributed by atoms with Crippen molar-refractivity contribution >= 4 is 34.1 Å². The van der Waals surface area contributed by atoms with E-state index in [2.05, 4.69) is 5.32 Å². The topological polar surface area (TPSA) is 92.7 Å². The van der Waals surface area contributed by atoms with Crippen LogP contribution in [-0.2, 0) is 9.53 Å². The Hall–Kier alpha value is -3.67. The summed E-state index contributed by atoms with van der Waals surface area (Å²) in [5.41, 5.74) is 0.681. The second-order valence-electron chi connectivity index (χ2n) is 6.32. The van der Waals surface area contributed by atoms with E-state index in [1.807, 2.05) is 12.1 Å². The zero-order chi connectivity index (χ0) is 20.3. The fraction of sp³-hybridized carbons (Fsp3) is 0.136. The molecular formula is C22H19NO5. The molecule has 6 nitrogen and oxygen atoms in total. The predicted octanol–water partition coefficient (Wildman–Crippen LogP) is 3.93. The number of hydrogen-bond donors (Lipinski definition) is 2. The summed E-state index contributed by atoms with van der Waals surface area (Å²) in [7, 11) is 0. The molecule has 1 amide bonds. The number of anilines is 1. The molecule has 0 aliphatic rings. The van der Waals surface area contributed by atoms with E-state index < -0.39 is 18.0 Å². The number of carbonyl (C=O) groups excluding carboxylic acids is 3. The second-order valence-corrected chi connectivity index (χ2v) is 6.32. The van der Waals surface area contributed by atoms with Gasteiger partial charge in [-0.25, -0.2) is 4.79 Å². The maximum absolute atomic E-state index is 12.4. The van der Waals surface area contributed by atoms with Crippen molar-refractivity contribution in [2.45, 2.75) is 20.0 Å². The van der Waals surface area contributed by atoms with Crippen molar-refractivity contribution in [2.75, 3.05) is 5.32 Å². The molecule has 6 heteroatoms. The van der Waals surface area contributed by atoms with E-state index in [1.165, 1.54) is 19.9 Å². The van der Waals surface area contributed by atoms with Crippen LogP contribution in [0.15, 0.2) is 60.7 Å². The number of nitrogens with one attached hydrogen (secondary N) is 1. The number of rotatable bonds is 5. The molecule has 0 aromatic heterocycles. The van der Waals surface area contributed by atoms with E-state index in [9.17, 15) is 19.5 Å². The molecule has 0 heterocycles. The summed E-state index contributed by atoms with van der Waals surface area (Å²) in [6.07, 6.45) is -1.13. The Bertz CT molecular complexity index is 1070. The van der Waals surface area contributed by atoms with Crippen LogP contribution in [0, 0.1) is 0 Å². The summed E-state index contributed by atoms with van der Waals surface area (Å²) in [6, 6.07) is 16.8. The van der Waals surface area contributed by atoms with E-state index >= 15 is 0 Å². The first-order valence-electron chi connectivity index (χ1n) is 8.71. The van der Waals surface area contributed by atoms with Gasteiger partial charge in [0, 0.05) is 10.9 Å². The molecule has 3 aromatic carbocycles. The van der Waals surface area contributed by atoms with Gasteiger partial charge in [-0.3, -0.25) is 9.59 Å². The SMILES string of the molecule is CC(=O)c1ccccc1NC(=O)C(C)OC(=O)c1ccc2ccccc2c1O. The molecule has 3 rings (SSSR count). The minimum Gasteiger partial charge on any atom is -0.506 e. The molecule has 0 spiro atoms. The minimum atomic E-state index is -1.13. The first-order chi connectivity index (χ1) is 13.4. The maximum atomic E-state index is 12.4.